The molecule has 0 saturated carbocycles. The van der Waals surface area contributed by atoms with Crippen molar-refractivity contribution < 1.29 is 22.3 Å². The van der Waals surface area contributed by atoms with E-state index in [0.717, 1.165) is 17.8 Å². The number of nitrogens with one attached hydrogen (secondary N) is 2. The van der Waals surface area contributed by atoms with Gasteiger partial charge in [-0.3, -0.25) is 4.99 Å². The third-order valence-corrected chi connectivity index (χ3v) is 3.94. The summed E-state index contributed by atoms with van der Waals surface area (Å²) in [6.45, 7) is 0.967. The summed E-state index contributed by atoms with van der Waals surface area (Å²) in [4.78, 5) is 12.2. The van der Waals surface area contributed by atoms with Gasteiger partial charge in [-0.2, -0.15) is 13.2 Å². The number of pyridine rings is 1. The fraction of sp³-hybridized carbons (Fsp3) is 0.250. The first-order chi connectivity index (χ1) is 14.5. The maximum absolute atomic E-state index is 12.5. The van der Waals surface area contributed by atoms with Crippen LogP contribution in [-0.4, -0.2) is 36.1 Å². The number of ether oxygens (including phenoxy) is 1. The van der Waals surface area contributed by atoms with Crippen LogP contribution in [0.1, 0.15) is 11.3 Å². The highest BCUT2D eigenvalue weighted by Crippen LogP contribution is 2.29. The Labute approximate surface area is 171 Å². The fourth-order valence-corrected chi connectivity index (χ4v) is 2.45. The lowest BCUT2D eigenvalue weighted by atomic mass is 10.2. The van der Waals surface area contributed by atoms with E-state index in [-0.39, 0.29) is 12.5 Å². The SMILES string of the molecule is CN=C(NCCOc1ccc(C(F)(F)F)cn1)NCc1coc(-c2ccccc2)n1. The Balaban J connectivity index is 1.41. The van der Waals surface area contributed by atoms with Gasteiger partial charge in [-0.05, 0) is 18.2 Å². The number of oxazole rings is 1. The Morgan fingerprint density at radius 2 is 1.93 bits per heavy atom. The monoisotopic (exact) mass is 419 g/mol. The van der Waals surface area contributed by atoms with Crippen LogP contribution in [0.5, 0.6) is 5.88 Å². The average Bonchev–Trinajstić information content (AvgIpc) is 3.23. The molecule has 7 nitrogen and oxygen atoms in total. The van der Waals surface area contributed by atoms with E-state index in [9.17, 15) is 13.2 Å². The van der Waals surface area contributed by atoms with Crippen molar-refractivity contribution >= 4 is 5.96 Å². The molecule has 0 aliphatic carbocycles. The van der Waals surface area contributed by atoms with Crippen LogP contribution in [-0.2, 0) is 12.7 Å². The largest absolute Gasteiger partial charge is 0.476 e. The molecule has 0 radical (unpaired) electrons. The van der Waals surface area contributed by atoms with Crippen LogP contribution >= 0.6 is 0 Å². The summed E-state index contributed by atoms with van der Waals surface area (Å²) < 4.78 is 48.4. The van der Waals surface area contributed by atoms with Gasteiger partial charge >= 0.3 is 6.18 Å². The minimum Gasteiger partial charge on any atom is -0.476 e. The molecule has 0 saturated heterocycles. The van der Waals surface area contributed by atoms with E-state index in [2.05, 4.69) is 25.6 Å². The molecule has 3 aromatic rings. The number of aromatic nitrogens is 2. The number of rotatable bonds is 7. The zero-order valence-electron chi connectivity index (χ0n) is 16.1. The molecule has 3 rings (SSSR count). The number of halogens is 3. The Kier molecular flexibility index (Phi) is 6.89. The Morgan fingerprint density at radius 3 is 2.60 bits per heavy atom. The number of guanidine groups is 1. The predicted octanol–water partition coefficient (Wildman–Crippen LogP) is 3.50. The summed E-state index contributed by atoms with van der Waals surface area (Å²) in [7, 11) is 1.62. The molecule has 158 valence electrons. The van der Waals surface area contributed by atoms with Crippen molar-refractivity contribution in [1.82, 2.24) is 20.6 Å². The normalized spacial score (nSPS) is 11.9. The maximum Gasteiger partial charge on any atom is 0.417 e. The van der Waals surface area contributed by atoms with Gasteiger partial charge in [0.05, 0.1) is 24.3 Å². The van der Waals surface area contributed by atoms with E-state index in [1.165, 1.54) is 6.07 Å². The third-order valence-electron chi connectivity index (χ3n) is 3.94. The van der Waals surface area contributed by atoms with Gasteiger partial charge in [0.25, 0.3) is 0 Å². The molecule has 0 aliphatic heterocycles. The molecule has 0 spiro atoms. The van der Waals surface area contributed by atoms with Crippen LogP contribution in [0, 0.1) is 0 Å². The summed E-state index contributed by atoms with van der Waals surface area (Å²) in [5, 5.41) is 6.13. The number of benzene rings is 1. The second-order valence-corrected chi connectivity index (χ2v) is 6.09. The molecule has 0 bridgehead atoms. The molecular formula is C20H20F3N5O2. The minimum atomic E-state index is -4.42. The zero-order valence-corrected chi connectivity index (χ0v) is 16.1. The molecule has 2 N–H and O–H groups in total. The lowest BCUT2D eigenvalue weighted by Gasteiger charge is -2.11. The Morgan fingerprint density at radius 1 is 1.13 bits per heavy atom. The Hall–Kier alpha value is -3.56. The van der Waals surface area contributed by atoms with E-state index >= 15 is 0 Å². The zero-order chi connectivity index (χ0) is 21.4. The molecule has 2 heterocycles. The summed E-state index contributed by atoms with van der Waals surface area (Å²) in [6, 6.07) is 11.7. The first kappa shape index (κ1) is 21.2. The van der Waals surface area contributed by atoms with Gasteiger partial charge in [-0.1, -0.05) is 18.2 Å². The first-order valence-electron chi connectivity index (χ1n) is 9.06. The van der Waals surface area contributed by atoms with Gasteiger partial charge in [0.2, 0.25) is 11.8 Å². The second kappa shape index (κ2) is 9.77. The molecule has 0 fully saturated rings. The number of hydrogen-bond donors (Lipinski definition) is 2. The highest BCUT2D eigenvalue weighted by molar-refractivity contribution is 5.79. The summed E-state index contributed by atoms with van der Waals surface area (Å²) in [5.74, 6) is 1.17. The van der Waals surface area contributed by atoms with Crippen molar-refractivity contribution in [3.63, 3.8) is 0 Å². The van der Waals surface area contributed by atoms with E-state index in [0.29, 0.717) is 30.6 Å². The number of hydrogen-bond acceptors (Lipinski definition) is 5. The smallest absolute Gasteiger partial charge is 0.417 e. The molecule has 10 heteroatoms. The quantitative estimate of drug-likeness (QED) is 0.346. The highest BCUT2D eigenvalue weighted by Gasteiger charge is 2.30. The van der Waals surface area contributed by atoms with E-state index < -0.39 is 11.7 Å². The number of aliphatic imine (C=N–C) groups is 1. The molecule has 2 aromatic heterocycles. The minimum absolute atomic E-state index is 0.115. The second-order valence-electron chi connectivity index (χ2n) is 6.09. The molecule has 0 amide bonds. The first-order valence-corrected chi connectivity index (χ1v) is 9.06. The summed E-state index contributed by atoms with van der Waals surface area (Å²) in [5.41, 5.74) is 0.781. The van der Waals surface area contributed by atoms with Crippen molar-refractivity contribution in [3.8, 4) is 17.3 Å². The van der Waals surface area contributed by atoms with Crippen molar-refractivity contribution in [1.29, 1.82) is 0 Å². The molecular weight excluding hydrogens is 399 g/mol. The van der Waals surface area contributed by atoms with Crippen LogP contribution in [0.2, 0.25) is 0 Å². The van der Waals surface area contributed by atoms with Crippen LogP contribution in [0.4, 0.5) is 13.2 Å². The molecule has 30 heavy (non-hydrogen) atoms. The molecule has 0 atom stereocenters. The van der Waals surface area contributed by atoms with Crippen molar-refractivity contribution in [3.05, 3.63) is 66.2 Å². The standard InChI is InChI=1S/C20H20F3N5O2/c1-24-19(25-9-10-29-17-8-7-15(11-26-17)20(21,22)23)27-12-16-13-30-18(28-16)14-5-3-2-4-6-14/h2-8,11,13H,9-10,12H2,1H3,(H2,24,25,27). The molecule has 0 aliphatic rings. The predicted molar refractivity (Wildman–Crippen MR) is 105 cm³/mol. The van der Waals surface area contributed by atoms with Gasteiger partial charge in [-0.25, -0.2) is 9.97 Å². The van der Waals surface area contributed by atoms with Crippen molar-refractivity contribution in [2.75, 3.05) is 20.2 Å². The molecule has 1 aromatic carbocycles. The van der Waals surface area contributed by atoms with E-state index in [1.807, 2.05) is 30.3 Å². The fourth-order valence-electron chi connectivity index (χ4n) is 2.45. The van der Waals surface area contributed by atoms with Crippen molar-refractivity contribution in [2.45, 2.75) is 12.7 Å². The third kappa shape index (κ3) is 5.97. The van der Waals surface area contributed by atoms with Gasteiger partial charge in [-0.15, -0.1) is 0 Å². The van der Waals surface area contributed by atoms with Crippen LogP contribution in [0.3, 0.4) is 0 Å². The Bertz CT molecular complexity index is 957. The lowest BCUT2D eigenvalue weighted by Crippen LogP contribution is -2.39. The summed E-state index contributed by atoms with van der Waals surface area (Å²) in [6.07, 6.45) is -2.11. The lowest BCUT2D eigenvalue weighted by molar-refractivity contribution is -0.137. The average molecular weight is 419 g/mol. The van der Waals surface area contributed by atoms with Gasteiger partial charge in [0.15, 0.2) is 5.96 Å². The van der Waals surface area contributed by atoms with Crippen LogP contribution < -0.4 is 15.4 Å². The summed E-state index contributed by atoms with van der Waals surface area (Å²) >= 11 is 0. The van der Waals surface area contributed by atoms with Gasteiger partial charge in [0, 0.05) is 24.9 Å². The van der Waals surface area contributed by atoms with E-state index in [4.69, 9.17) is 9.15 Å². The van der Waals surface area contributed by atoms with Gasteiger partial charge < -0.3 is 19.8 Å². The topological polar surface area (TPSA) is 84.6 Å². The van der Waals surface area contributed by atoms with E-state index in [1.54, 1.807) is 13.3 Å². The number of nitrogens with zero attached hydrogens (tertiary/aromatic N) is 3. The molecule has 0 unspecified atom stereocenters. The van der Waals surface area contributed by atoms with Crippen LogP contribution in [0.25, 0.3) is 11.5 Å². The van der Waals surface area contributed by atoms with Gasteiger partial charge in [0.1, 0.15) is 12.9 Å². The van der Waals surface area contributed by atoms with Crippen LogP contribution in [0.15, 0.2) is 64.3 Å². The maximum atomic E-state index is 12.5. The highest BCUT2D eigenvalue weighted by atomic mass is 19.4. The number of alkyl halides is 3. The van der Waals surface area contributed by atoms with Crippen molar-refractivity contribution in [2.24, 2.45) is 4.99 Å².